The summed E-state index contributed by atoms with van der Waals surface area (Å²) in [5.41, 5.74) is 4.41. The second-order valence-electron chi connectivity index (χ2n) is 10.3. The molecule has 5 aromatic rings. The lowest BCUT2D eigenvalue weighted by molar-refractivity contribution is 0.0919. The summed E-state index contributed by atoms with van der Waals surface area (Å²) < 4.78 is 5.48. The Morgan fingerprint density at radius 3 is 2.59 bits per heavy atom. The van der Waals surface area contributed by atoms with Crippen molar-refractivity contribution in [2.75, 3.05) is 0 Å². The summed E-state index contributed by atoms with van der Waals surface area (Å²) in [5.74, 6) is 0.202. The molecule has 1 saturated carbocycles. The van der Waals surface area contributed by atoms with Crippen molar-refractivity contribution < 1.29 is 4.79 Å². The normalized spacial score (nSPS) is 17.6. The average molecular weight is 544 g/mol. The number of para-hydroxylation sites is 2. The molecule has 1 amide bonds. The van der Waals surface area contributed by atoms with Gasteiger partial charge in [0.15, 0.2) is 5.65 Å². The highest BCUT2D eigenvalue weighted by atomic mass is 35.5. The van der Waals surface area contributed by atoms with Gasteiger partial charge in [-0.05, 0) is 69.7 Å². The van der Waals surface area contributed by atoms with E-state index in [-0.39, 0.29) is 17.6 Å². The Balaban J connectivity index is 1.21. The number of fused-ring (bicyclic) bond motifs is 2. The number of nitrogens with zero attached hydrogens (tertiary/aromatic N) is 6. The van der Waals surface area contributed by atoms with Crippen LogP contribution in [0.15, 0.2) is 59.8 Å². The molecule has 6 rings (SSSR count). The van der Waals surface area contributed by atoms with Gasteiger partial charge >= 0.3 is 5.69 Å². The molecule has 1 aromatic carbocycles. The van der Waals surface area contributed by atoms with Crippen LogP contribution in [0, 0.1) is 12.8 Å². The molecule has 0 spiro atoms. The maximum Gasteiger partial charge on any atom is 0.333 e. The third-order valence-electron chi connectivity index (χ3n) is 7.78. The number of imidazole rings is 1. The van der Waals surface area contributed by atoms with Crippen molar-refractivity contribution in [3.63, 3.8) is 0 Å². The van der Waals surface area contributed by atoms with Crippen LogP contribution in [0.25, 0.3) is 27.8 Å². The molecule has 0 bridgehead atoms. The molecule has 0 radical (unpaired) electrons. The number of aryl methyl sites for hydroxylation is 2. The summed E-state index contributed by atoms with van der Waals surface area (Å²) >= 11 is 6.05. The second-order valence-corrected chi connectivity index (χ2v) is 10.7. The predicted molar refractivity (Wildman–Crippen MR) is 151 cm³/mol. The molecule has 9 nitrogen and oxygen atoms in total. The maximum atomic E-state index is 13.8. The number of amides is 1. The smallest absolute Gasteiger partial charge is 0.333 e. The number of carbonyl (C=O) groups is 1. The number of carbonyl (C=O) groups excluding carboxylic acids is 1. The average Bonchev–Trinajstić information content (AvgIpc) is 3.48. The standard InChI is InChI=1S/C29H30ClN7O2/c1-3-36-27-20(14-33-36)12-23(16-32-27)37-26-7-5-4-6-25(26)35(29(37)39)17-19-8-10-22(11-9-19)34-28(38)24-13-21(30)15-31-18(24)2/h4-7,12-16,19,22H,3,8-11,17H2,1-2H3,(H,34,38). The van der Waals surface area contributed by atoms with Gasteiger partial charge in [0.25, 0.3) is 5.91 Å². The molecular formula is C29H30ClN7O2. The zero-order chi connectivity index (χ0) is 27.1. The van der Waals surface area contributed by atoms with Gasteiger partial charge in [-0.1, -0.05) is 23.7 Å². The van der Waals surface area contributed by atoms with Gasteiger partial charge in [-0.2, -0.15) is 5.10 Å². The molecule has 1 aliphatic carbocycles. The number of hydrogen-bond donors (Lipinski definition) is 1. The first-order valence-electron chi connectivity index (χ1n) is 13.4. The molecule has 4 heterocycles. The van der Waals surface area contributed by atoms with E-state index in [9.17, 15) is 9.59 Å². The second kappa shape index (κ2) is 10.3. The number of nitrogens with one attached hydrogen (secondary N) is 1. The minimum atomic E-state index is -0.139. The van der Waals surface area contributed by atoms with Crippen LogP contribution in [0.2, 0.25) is 5.02 Å². The topological polar surface area (TPSA) is 99.6 Å². The van der Waals surface area contributed by atoms with Crippen molar-refractivity contribution in [1.29, 1.82) is 0 Å². The number of hydrogen-bond acceptors (Lipinski definition) is 5. The van der Waals surface area contributed by atoms with E-state index in [0.29, 0.717) is 28.7 Å². The van der Waals surface area contributed by atoms with Crippen LogP contribution < -0.4 is 11.0 Å². The van der Waals surface area contributed by atoms with E-state index >= 15 is 0 Å². The van der Waals surface area contributed by atoms with Gasteiger partial charge in [-0.25, -0.2) is 14.5 Å². The Morgan fingerprint density at radius 2 is 1.82 bits per heavy atom. The Bertz CT molecular complexity index is 1740. The van der Waals surface area contributed by atoms with Crippen LogP contribution in [0.1, 0.15) is 48.7 Å². The summed E-state index contributed by atoms with van der Waals surface area (Å²) in [6, 6.07) is 11.6. The molecule has 1 aliphatic rings. The Morgan fingerprint density at radius 1 is 1.05 bits per heavy atom. The molecule has 0 unspecified atom stereocenters. The highest BCUT2D eigenvalue weighted by Gasteiger charge is 2.26. The number of pyridine rings is 2. The largest absolute Gasteiger partial charge is 0.349 e. The van der Waals surface area contributed by atoms with Gasteiger partial charge in [-0.3, -0.25) is 18.9 Å². The third-order valence-corrected chi connectivity index (χ3v) is 7.98. The van der Waals surface area contributed by atoms with Gasteiger partial charge in [0.2, 0.25) is 0 Å². The van der Waals surface area contributed by atoms with E-state index in [1.165, 1.54) is 0 Å². The van der Waals surface area contributed by atoms with Crippen LogP contribution in [0.3, 0.4) is 0 Å². The van der Waals surface area contributed by atoms with Crippen LogP contribution in [0.5, 0.6) is 0 Å². The quantitative estimate of drug-likeness (QED) is 0.328. The molecule has 0 atom stereocenters. The first-order valence-corrected chi connectivity index (χ1v) is 13.8. The van der Waals surface area contributed by atoms with Gasteiger partial charge in [0.1, 0.15) is 0 Å². The highest BCUT2D eigenvalue weighted by Crippen LogP contribution is 2.28. The van der Waals surface area contributed by atoms with E-state index < -0.39 is 0 Å². The van der Waals surface area contributed by atoms with Crippen LogP contribution >= 0.6 is 11.6 Å². The molecule has 0 aliphatic heterocycles. The summed E-state index contributed by atoms with van der Waals surface area (Å²) in [4.78, 5) is 35.4. The summed E-state index contributed by atoms with van der Waals surface area (Å²) in [6.07, 6.45) is 8.66. The minimum Gasteiger partial charge on any atom is -0.349 e. The fourth-order valence-corrected chi connectivity index (χ4v) is 5.85. The Kier molecular flexibility index (Phi) is 6.68. The molecule has 0 saturated heterocycles. The fraction of sp³-hybridized carbons (Fsp3) is 0.345. The monoisotopic (exact) mass is 543 g/mol. The van der Waals surface area contributed by atoms with Crippen LogP contribution in [-0.4, -0.2) is 40.8 Å². The van der Waals surface area contributed by atoms with Gasteiger partial charge in [0.05, 0.1) is 45.4 Å². The van der Waals surface area contributed by atoms with E-state index in [1.54, 1.807) is 29.2 Å². The predicted octanol–water partition coefficient (Wildman–Crippen LogP) is 4.90. The Labute approximate surface area is 230 Å². The SMILES string of the molecule is CCn1ncc2cc(-n3c(=O)n(CC4CCC(NC(=O)c5cc(Cl)cnc5C)CC4)c4ccccc43)cnc21. The summed E-state index contributed by atoms with van der Waals surface area (Å²) in [5, 5.41) is 8.90. The molecule has 4 aromatic heterocycles. The van der Waals surface area contributed by atoms with Crippen molar-refractivity contribution in [2.24, 2.45) is 5.92 Å². The maximum absolute atomic E-state index is 13.8. The molecule has 1 N–H and O–H groups in total. The van der Waals surface area contributed by atoms with Crippen molar-refractivity contribution in [3.05, 3.63) is 81.8 Å². The minimum absolute atomic E-state index is 0.0698. The highest BCUT2D eigenvalue weighted by molar-refractivity contribution is 6.30. The lowest BCUT2D eigenvalue weighted by Crippen LogP contribution is -2.39. The lowest BCUT2D eigenvalue weighted by atomic mass is 9.85. The van der Waals surface area contributed by atoms with Crippen molar-refractivity contribution in [3.8, 4) is 5.69 Å². The van der Waals surface area contributed by atoms with E-state index in [1.807, 2.05) is 53.4 Å². The first kappa shape index (κ1) is 25.3. The molecule has 10 heteroatoms. The number of rotatable bonds is 6. The van der Waals surface area contributed by atoms with Gasteiger partial charge < -0.3 is 5.32 Å². The van der Waals surface area contributed by atoms with E-state index in [2.05, 4.69) is 20.4 Å². The zero-order valence-corrected chi connectivity index (χ0v) is 22.7. The zero-order valence-electron chi connectivity index (χ0n) is 22.0. The molecule has 200 valence electrons. The van der Waals surface area contributed by atoms with E-state index in [4.69, 9.17) is 11.6 Å². The number of aromatic nitrogens is 6. The number of benzene rings is 1. The fourth-order valence-electron chi connectivity index (χ4n) is 5.70. The molecule has 39 heavy (non-hydrogen) atoms. The molecule has 1 fully saturated rings. The lowest BCUT2D eigenvalue weighted by Gasteiger charge is -2.29. The van der Waals surface area contributed by atoms with E-state index in [0.717, 1.165) is 60.0 Å². The molecular weight excluding hydrogens is 514 g/mol. The number of halogens is 1. The van der Waals surface area contributed by atoms with Crippen molar-refractivity contribution in [1.82, 2.24) is 34.2 Å². The first-order chi connectivity index (χ1) is 18.9. The summed E-state index contributed by atoms with van der Waals surface area (Å²) in [7, 11) is 0. The van der Waals surface area contributed by atoms with Crippen LogP contribution in [-0.2, 0) is 13.1 Å². The van der Waals surface area contributed by atoms with Crippen molar-refractivity contribution in [2.45, 2.75) is 58.7 Å². The van der Waals surface area contributed by atoms with Crippen LogP contribution in [0.4, 0.5) is 0 Å². The third kappa shape index (κ3) is 4.71. The van der Waals surface area contributed by atoms with Gasteiger partial charge in [0, 0.05) is 30.7 Å². The summed E-state index contributed by atoms with van der Waals surface area (Å²) in [6.45, 7) is 5.20. The Hall–Kier alpha value is -3.98. The van der Waals surface area contributed by atoms with Gasteiger partial charge in [-0.15, -0.1) is 0 Å². The van der Waals surface area contributed by atoms with Crippen molar-refractivity contribution >= 4 is 39.6 Å².